The predicted molar refractivity (Wildman–Crippen MR) is 137 cm³/mol. The molecule has 0 bridgehead atoms. The molecule has 222 valence electrons. The molecule has 2 aliphatic heterocycles. The van der Waals surface area contributed by atoms with E-state index in [0.29, 0.717) is 5.56 Å². The van der Waals surface area contributed by atoms with Crippen LogP contribution in [0.1, 0.15) is 0 Å². The van der Waals surface area contributed by atoms with Crippen LogP contribution in [0.15, 0.2) is 57.9 Å². The van der Waals surface area contributed by atoms with Crippen LogP contribution in [0.4, 0.5) is 0 Å². The molecule has 3 heterocycles. The predicted octanol–water partition coefficient (Wildman–Crippen LogP) is -2.18. The fourth-order valence-electron chi connectivity index (χ4n) is 4.69. The highest BCUT2D eigenvalue weighted by Gasteiger charge is 2.45. The largest absolute Gasteiger partial charge is 0.463 e. The van der Waals surface area contributed by atoms with Crippen LogP contribution in [0.5, 0.6) is 11.5 Å². The zero-order valence-corrected chi connectivity index (χ0v) is 21.3. The molecule has 3 aromatic rings. The first-order valence-electron chi connectivity index (χ1n) is 12.7. The lowest BCUT2D eigenvalue weighted by Crippen LogP contribution is -2.60. The van der Waals surface area contributed by atoms with Gasteiger partial charge >= 0.3 is 0 Å². The molecule has 8 N–H and O–H groups in total. The van der Waals surface area contributed by atoms with Gasteiger partial charge < -0.3 is 64.2 Å². The van der Waals surface area contributed by atoms with E-state index in [1.54, 1.807) is 12.1 Å². The van der Waals surface area contributed by atoms with Gasteiger partial charge in [-0.15, -0.1) is 0 Å². The second-order valence-corrected chi connectivity index (χ2v) is 9.79. The molecule has 0 spiro atoms. The van der Waals surface area contributed by atoms with Crippen LogP contribution in [-0.4, -0.2) is 115 Å². The Morgan fingerprint density at radius 3 is 1.71 bits per heavy atom. The maximum absolute atomic E-state index is 13.2. The van der Waals surface area contributed by atoms with Crippen molar-refractivity contribution < 1.29 is 64.2 Å². The van der Waals surface area contributed by atoms with Crippen molar-refractivity contribution in [3.05, 3.63) is 59.0 Å². The molecule has 14 heteroatoms. The van der Waals surface area contributed by atoms with Gasteiger partial charge in [0.25, 0.3) is 0 Å². The Hall–Kier alpha value is -3.15. The van der Waals surface area contributed by atoms with Gasteiger partial charge in [0, 0.05) is 6.07 Å². The van der Waals surface area contributed by atoms with Gasteiger partial charge in [-0.2, -0.15) is 0 Å². The van der Waals surface area contributed by atoms with E-state index >= 15 is 0 Å². The number of aliphatic hydroxyl groups is 8. The zero-order valence-electron chi connectivity index (χ0n) is 21.3. The monoisotopic (exact) mass is 578 g/mol. The summed E-state index contributed by atoms with van der Waals surface area (Å²) in [6, 6.07) is 10.4. The van der Waals surface area contributed by atoms with Crippen LogP contribution >= 0.6 is 0 Å². The highest BCUT2D eigenvalue weighted by molar-refractivity contribution is 5.82. The summed E-state index contributed by atoms with van der Waals surface area (Å²) >= 11 is 0. The van der Waals surface area contributed by atoms with Crippen molar-refractivity contribution in [3.8, 4) is 22.6 Å². The molecule has 2 aromatic carbocycles. The molecule has 10 atom stereocenters. The lowest BCUT2D eigenvalue weighted by molar-refractivity contribution is -0.277. The maximum Gasteiger partial charge on any atom is 0.229 e. The van der Waals surface area contributed by atoms with Gasteiger partial charge in [0.1, 0.15) is 72.2 Å². The summed E-state index contributed by atoms with van der Waals surface area (Å²) in [5.74, 6) is 0.352. The fourth-order valence-corrected chi connectivity index (χ4v) is 4.69. The van der Waals surface area contributed by atoms with Crippen molar-refractivity contribution >= 4 is 11.0 Å². The average molecular weight is 579 g/mol. The molecular formula is C27H30O14. The Bertz CT molecular complexity index is 1390. The third-order valence-electron chi connectivity index (χ3n) is 7.11. The van der Waals surface area contributed by atoms with Gasteiger partial charge in [0.2, 0.25) is 12.6 Å². The third-order valence-corrected chi connectivity index (χ3v) is 7.11. The standard InChI is InChI=1S/C27H30O14/c28-8-17-20(31)22(33)24(35)26(40-17)38-12-3-1-11(2-4-12)15-10-37-16-7-13(5-6-14(16)19(15)30)39-27-25(36)23(34)21(32)18(9-29)41-27/h1-7,10,17-18,20-29,31-36H,8-9H2/t17-,18-,20-,21-,22+,23+,24-,25-,26+,27-/m1/s1. The minimum absolute atomic E-state index is 0.132. The van der Waals surface area contributed by atoms with E-state index in [9.17, 15) is 45.6 Å². The molecule has 0 radical (unpaired) electrons. The second kappa shape index (κ2) is 12.0. The van der Waals surface area contributed by atoms with Crippen LogP contribution in [0.2, 0.25) is 0 Å². The normalized spacial score (nSPS) is 34.0. The molecule has 5 rings (SSSR count). The van der Waals surface area contributed by atoms with Gasteiger partial charge in [0.15, 0.2) is 5.43 Å². The van der Waals surface area contributed by atoms with Gasteiger partial charge in [0.05, 0.1) is 24.2 Å². The second-order valence-electron chi connectivity index (χ2n) is 9.79. The lowest BCUT2D eigenvalue weighted by Gasteiger charge is -2.39. The quantitative estimate of drug-likeness (QED) is 0.149. The number of fused-ring (bicyclic) bond motifs is 1. The molecule has 41 heavy (non-hydrogen) atoms. The van der Waals surface area contributed by atoms with E-state index in [1.807, 2.05) is 0 Å². The van der Waals surface area contributed by atoms with Gasteiger partial charge in [-0.25, -0.2) is 0 Å². The number of hydrogen-bond donors (Lipinski definition) is 8. The van der Waals surface area contributed by atoms with E-state index in [-0.39, 0.29) is 33.5 Å². The summed E-state index contributed by atoms with van der Waals surface area (Å²) in [6.45, 7) is -1.20. The number of rotatable bonds is 7. The maximum atomic E-state index is 13.2. The number of aliphatic hydroxyl groups excluding tert-OH is 8. The Morgan fingerprint density at radius 2 is 1.17 bits per heavy atom. The highest BCUT2D eigenvalue weighted by atomic mass is 16.7. The molecule has 2 aliphatic rings. The van der Waals surface area contributed by atoms with Crippen molar-refractivity contribution in [1.82, 2.24) is 0 Å². The minimum Gasteiger partial charge on any atom is -0.463 e. The molecular weight excluding hydrogens is 548 g/mol. The molecule has 14 nitrogen and oxygen atoms in total. The van der Waals surface area contributed by atoms with E-state index in [4.69, 9.17) is 23.4 Å². The van der Waals surface area contributed by atoms with Crippen LogP contribution < -0.4 is 14.9 Å². The highest BCUT2D eigenvalue weighted by Crippen LogP contribution is 2.29. The van der Waals surface area contributed by atoms with Crippen molar-refractivity contribution in [3.63, 3.8) is 0 Å². The molecule has 0 saturated carbocycles. The summed E-state index contributed by atoms with van der Waals surface area (Å²) in [6.07, 6.45) is -13.2. The smallest absolute Gasteiger partial charge is 0.229 e. The van der Waals surface area contributed by atoms with Crippen LogP contribution in [0.25, 0.3) is 22.1 Å². The molecule has 0 amide bonds. The van der Waals surface area contributed by atoms with Crippen molar-refractivity contribution in [1.29, 1.82) is 0 Å². The summed E-state index contributed by atoms with van der Waals surface area (Å²) in [5, 5.41) is 79.0. The molecule has 2 saturated heterocycles. The number of hydrogen-bond acceptors (Lipinski definition) is 14. The summed E-state index contributed by atoms with van der Waals surface area (Å²) in [7, 11) is 0. The Labute approximate surface area is 231 Å². The molecule has 2 fully saturated rings. The summed E-state index contributed by atoms with van der Waals surface area (Å²) < 4.78 is 27.5. The molecule has 0 unspecified atom stereocenters. The zero-order chi connectivity index (χ0) is 29.4. The van der Waals surface area contributed by atoms with Crippen molar-refractivity contribution in [2.45, 2.75) is 61.4 Å². The van der Waals surface area contributed by atoms with Crippen molar-refractivity contribution in [2.24, 2.45) is 0 Å². The average Bonchev–Trinajstić information content (AvgIpc) is 2.98. The van der Waals surface area contributed by atoms with Crippen molar-refractivity contribution in [2.75, 3.05) is 13.2 Å². The first-order valence-corrected chi connectivity index (χ1v) is 12.7. The number of benzene rings is 2. The topological polar surface area (TPSA) is 229 Å². The first-order chi connectivity index (χ1) is 19.6. The van der Waals surface area contributed by atoms with E-state index in [0.717, 1.165) is 0 Å². The van der Waals surface area contributed by atoms with Crippen LogP contribution in [-0.2, 0) is 9.47 Å². The van der Waals surface area contributed by atoms with Gasteiger partial charge in [-0.1, -0.05) is 12.1 Å². The first kappa shape index (κ1) is 29.3. The minimum atomic E-state index is -1.61. The van der Waals surface area contributed by atoms with E-state index in [1.165, 1.54) is 36.6 Å². The van der Waals surface area contributed by atoms with E-state index in [2.05, 4.69) is 0 Å². The van der Waals surface area contributed by atoms with Gasteiger partial charge in [-0.3, -0.25) is 4.79 Å². The van der Waals surface area contributed by atoms with Crippen LogP contribution in [0, 0.1) is 0 Å². The molecule has 0 aliphatic carbocycles. The SMILES string of the molecule is O=c1c(-c2ccc(O[C@H]3O[C@H](CO)[C@@H](O)[C@H](O)[C@H]3O)cc2)coc2cc(O[C@@H]3O[C@H](CO)[C@@H](O)[C@H](O)[C@H]3O)ccc12. The lowest BCUT2D eigenvalue weighted by atomic mass is 9.99. The Balaban J connectivity index is 1.31. The van der Waals surface area contributed by atoms with Gasteiger partial charge in [-0.05, 0) is 29.8 Å². The fraction of sp³-hybridized carbons (Fsp3) is 0.444. The van der Waals surface area contributed by atoms with Crippen LogP contribution in [0.3, 0.4) is 0 Å². The summed E-state index contributed by atoms with van der Waals surface area (Å²) in [4.78, 5) is 13.2. The Morgan fingerprint density at radius 1 is 0.659 bits per heavy atom. The molecule has 1 aromatic heterocycles. The summed E-state index contributed by atoms with van der Waals surface area (Å²) in [5.41, 5.74) is 0.486. The van der Waals surface area contributed by atoms with E-state index < -0.39 is 74.6 Å². The third kappa shape index (κ3) is 5.67. The Kier molecular flexibility index (Phi) is 8.58. The number of ether oxygens (including phenoxy) is 4.